The van der Waals surface area contributed by atoms with E-state index in [-0.39, 0.29) is 12.5 Å². The number of aromatic nitrogens is 2. The van der Waals surface area contributed by atoms with Gasteiger partial charge in [-0.1, -0.05) is 41.0 Å². The maximum Gasteiger partial charge on any atom is 0.264 e. The summed E-state index contributed by atoms with van der Waals surface area (Å²) in [5.74, 6) is 1.89. The molecule has 1 heterocycles. The molecule has 2 aromatic rings. The van der Waals surface area contributed by atoms with Crippen molar-refractivity contribution in [1.29, 1.82) is 0 Å². The zero-order chi connectivity index (χ0) is 14.7. The van der Waals surface area contributed by atoms with Crippen molar-refractivity contribution in [2.24, 2.45) is 0 Å². The summed E-state index contributed by atoms with van der Waals surface area (Å²) in [6, 6.07) is 5.48. The predicted molar refractivity (Wildman–Crippen MR) is 77.5 cm³/mol. The summed E-state index contributed by atoms with van der Waals surface area (Å²) in [6.45, 7) is 5.86. The number of hydrogen-bond acceptors (Lipinski definition) is 5. The van der Waals surface area contributed by atoms with E-state index in [9.17, 15) is 5.11 Å². The molecule has 0 radical (unpaired) electrons. The van der Waals surface area contributed by atoms with Gasteiger partial charge in [0.2, 0.25) is 0 Å². The SMILES string of the molecule is CC(C)c1noc(COc2cc(Br)ccc2[C@@H](C)O)n1. The van der Waals surface area contributed by atoms with Crippen LogP contribution in [0.1, 0.15) is 50.1 Å². The molecule has 6 heteroatoms. The topological polar surface area (TPSA) is 68.4 Å². The zero-order valence-electron chi connectivity index (χ0n) is 11.6. The summed E-state index contributed by atoms with van der Waals surface area (Å²) >= 11 is 3.38. The third-order valence-corrected chi connectivity index (χ3v) is 3.27. The second-order valence-electron chi connectivity index (χ2n) is 4.85. The molecule has 0 spiro atoms. The molecular weight excluding hydrogens is 324 g/mol. The van der Waals surface area contributed by atoms with Crippen molar-refractivity contribution in [3.8, 4) is 5.75 Å². The van der Waals surface area contributed by atoms with E-state index in [4.69, 9.17) is 9.26 Å². The van der Waals surface area contributed by atoms with Crippen molar-refractivity contribution in [3.63, 3.8) is 0 Å². The van der Waals surface area contributed by atoms with Gasteiger partial charge in [0.1, 0.15) is 5.75 Å². The molecule has 20 heavy (non-hydrogen) atoms. The van der Waals surface area contributed by atoms with Crippen LogP contribution >= 0.6 is 15.9 Å². The molecule has 0 aliphatic heterocycles. The molecule has 1 aromatic carbocycles. The van der Waals surface area contributed by atoms with Crippen LogP contribution in [-0.4, -0.2) is 15.2 Å². The fourth-order valence-electron chi connectivity index (χ4n) is 1.68. The molecule has 1 N–H and O–H groups in total. The molecule has 0 saturated carbocycles. The van der Waals surface area contributed by atoms with E-state index in [1.807, 2.05) is 32.0 Å². The molecule has 1 aromatic heterocycles. The van der Waals surface area contributed by atoms with Crippen LogP contribution in [0.2, 0.25) is 0 Å². The van der Waals surface area contributed by atoms with Crippen LogP contribution in [0, 0.1) is 0 Å². The lowest BCUT2D eigenvalue weighted by atomic mass is 10.1. The molecular formula is C14H17BrN2O3. The predicted octanol–water partition coefficient (Wildman–Crippen LogP) is 3.59. The molecule has 1 atom stereocenters. The van der Waals surface area contributed by atoms with E-state index in [1.165, 1.54) is 0 Å². The fraction of sp³-hybridized carbons (Fsp3) is 0.429. The summed E-state index contributed by atoms with van der Waals surface area (Å²) < 4.78 is 11.7. The number of ether oxygens (including phenoxy) is 1. The molecule has 0 fully saturated rings. The molecule has 5 nitrogen and oxygen atoms in total. The lowest BCUT2D eigenvalue weighted by Gasteiger charge is -2.12. The van der Waals surface area contributed by atoms with Gasteiger partial charge in [-0.25, -0.2) is 0 Å². The normalized spacial score (nSPS) is 12.7. The highest BCUT2D eigenvalue weighted by Gasteiger charge is 2.13. The number of aliphatic hydroxyl groups is 1. The quantitative estimate of drug-likeness (QED) is 0.900. The van der Waals surface area contributed by atoms with Crippen molar-refractivity contribution in [1.82, 2.24) is 10.1 Å². The molecule has 0 saturated heterocycles. The minimum Gasteiger partial charge on any atom is -0.483 e. The average molecular weight is 341 g/mol. The maximum atomic E-state index is 9.72. The van der Waals surface area contributed by atoms with Crippen molar-refractivity contribution in [2.45, 2.75) is 39.4 Å². The Balaban J connectivity index is 2.11. The van der Waals surface area contributed by atoms with E-state index in [0.717, 1.165) is 10.0 Å². The van der Waals surface area contributed by atoms with Crippen molar-refractivity contribution in [3.05, 3.63) is 40.0 Å². The van der Waals surface area contributed by atoms with Gasteiger partial charge in [-0.2, -0.15) is 4.98 Å². The van der Waals surface area contributed by atoms with E-state index in [1.54, 1.807) is 6.92 Å². The second kappa shape index (κ2) is 6.37. The van der Waals surface area contributed by atoms with Crippen LogP contribution in [0.15, 0.2) is 27.2 Å². The van der Waals surface area contributed by atoms with Gasteiger partial charge in [0.05, 0.1) is 6.10 Å². The van der Waals surface area contributed by atoms with Gasteiger partial charge < -0.3 is 14.4 Å². The van der Waals surface area contributed by atoms with Gasteiger partial charge in [0.15, 0.2) is 12.4 Å². The monoisotopic (exact) mass is 340 g/mol. The van der Waals surface area contributed by atoms with Crippen molar-refractivity contribution < 1.29 is 14.4 Å². The largest absolute Gasteiger partial charge is 0.483 e. The van der Waals surface area contributed by atoms with Gasteiger partial charge >= 0.3 is 0 Å². The lowest BCUT2D eigenvalue weighted by Crippen LogP contribution is -2.01. The third kappa shape index (κ3) is 3.58. The molecule has 108 valence electrons. The van der Waals surface area contributed by atoms with Crippen molar-refractivity contribution in [2.75, 3.05) is 0 Å². The summed E-state index contributed by atoms with van der Waals surface area (Å²) in [6.07, 6.45) is -0.605. The first-order valence-electron chi connectivity index (χ1n) is 6.40. The Kier molecular flexibility index (Phi) is 4.77. The number of rotatable bonds is 5. The van der Waals surface area contributed by atoms with Crippen LogP contribution in [0.3, 0.4) is 0 Å². The number of nitrogens with zero attached hydrogens (tertiary/aromatic N) is 2. The van der Waals surface area contributed by atoms with Gasteiger partial charge in [-0.05, 0) is 19.1 Å². The standard InChI is InChI=1S/C14H17BrN2O3/c1-8(2)14-16-13(20-17-14)7-19-12-6-10(15)4-5-11(12)9(3)18/h4-6,8-9,18H,7H2,1-3H3/t9-/m1/s1. The number of halogens is 1. The number of hydrogen-bond donors (Lipinski definition) is 1. The van der Waals surface area contributed by atoms with Crippen LogP contribution in [0.25, 0.3) is 0 Å². The van der Waals surface area contributed by atoms with Crippen LogP contribution in [0.4, 0.5) is 0 Å². The lowest BCUT2D eigenvalue weighted by molar-refractivity contribution is 0.185. The van der Waals surface area contributed by atoms with E-state index in [2.05, 4.69) is 26.1 Å². The minimum absolute atomic E-state index is 0.176. The van der Waals surface area contributed by atoms with E-state index >= 15 is 0 Å². The van der Waals surface area contributed by atoms with Gasteiger partial charge in [-0.15, -0.1) is 0 Å². The minimum atomic E-state index is -0.605. The first-order chi connectivity index (χ1) is 9.47. The van der Waals surface area contributed by atoms with E-state index in [0.29, 0.717) is 17.5 Å². The summed E-state index contributed by atoms with van der Waals surface area (Å²) in [5, 5.41) is 13.6. The highest BCUT2D eigenvalue weighted by molar-refractivity contribution is 9.10. The summed E-state index contributed by atoms with van der Waals surface area (Å²) in [5.41, 5.74) is 0.719. The Morgan fingerprint density at radius 1 is 1.35 bits per heavy atom. The number of benzene rings is 1. The fourth-order valence-corrected chi connectivity index (χ4v) is 2.02. The molecule has 0 aliphatic rings. The molecule has 2 rings (SSSR count). The molecule has 0 aliphatic carbocycles. The second-order valence-corrected chi connectivity index (χ2v) is 5.76. The van der Waals surface area contributed by atoms with Crippen LogP contribution in [0.5, 0.6) is 5.75 Å². The average Bonchev–Trinajstić information content (AvgIpc) is 2.85. The smallest absolute Gasteiger partial charge is 0.264 e. The molecule has 0 unspecified atom stereocenters. The zero-order valence-corrected chi connectivity index (χ0v) is 13.2. The Hall–Kier alpha value is -1.40. The number of aliphatic hydroxyl groups excluding tert-OH is 1. The van der Waals surface area contributed by atoms with Gasteiger partial charge in [-0.3, -0.25) is 0 Å². The first-order valence-corrected chi connectivity index (χ1v) is 7.19. The Morgan fingerprint density at radius 3 is 2.70 bits per heavy atom. The Bertz CT molecular complexity index is 582. The highest BCUT2D eigenvalue weighted by Crippen LogP contribution is 2.29. The van der Waals surface area contributed by atoms with E-state index < -0.39 is 6.10 Å². The van der Waals surface area contributed by atoms with Gasteiger partial charge in [0.25, 0.3) is 5.89 Å². The van der Waals surface area contributed by atoms with Crippen LogP contribution < -0.4 is 4.74 Å². The first kappa shape index (κ1) is 15.0. The highest BCUT2D eigenvalue weighted by atomic mass is 79.9. The summed E-state index contributed by atoms with van der Waals surface area (Å²) in [4.78, 5) is 4.24. The molecule has 0 bridgehead atoms. The molecule has 0 amide bonds. The van der Waals surface area contributed by atoms with Crippen LogP contribution in [-0.2, 0) is 6.61 Å². The Morgan fingerprint density at radius 2 is 2.10 bits per heavy atom. The maximum absolute atomic E-state index is 9.72. The third-order valence-electron chi connectivity index (χ3n) is 2.78. The van der Waals surface area contributed by atoms with Crippen molar-refractivity contribution >= 4 is 15.9 Å². The Labute approximate surface area is 126 Å². The van der Waals surface area contributed by atoms with Gasteiger partial charge in [0, 0.05) is 16.0 Å². The summed E-state index contributed by atoms with van der Waals surface area (Å²) in [7, 11) is 0.